The highest BCUT2D eigenvalue weighted by molar-refractivity contribution is 5.85. The third-order valence-corrected chi connectivity index (χ3v) is 5.10. The van der Waals surface area contributed by atoms with Crippen molar-refractivity contribution in [2.45, 2.75) is 33.1 Å². The van der Waals surface area contributed by atoms with Crippen LogP contribution in [0.5, 0.6) is 0 Å². The van der Waals surface area contributed by atoms with E-state index in [1.54, 1.807) is 5.57 Å². The first-order valence-electron chi connectivity index (χ1n) is 8.97. The molecule has 2 aromatic rings. The molecule has 1 heteroatoms. The minimum Gasteiger partial charge on any atom is -0.377 e. The summed E-state index contributed by atoms with van der Waals surface area (Å²) in [7, 11) is 0. The van der Waals surface area contributed by atoms with Gasteiger partial charge in [-0.05, 0) is 60.2 Å². The average molecular weight is 317 g/mol. The van der Waals surface area contributed by atoms with E-state index in [0.717, 1.165) is 32.4 Å². The van der Waals surface area contributed by atoms with Crippen molar-refractivity contribution in [3.8, 4) is 0 Å². The maximum absolute atomic E-state index is 3.92. The van der Waals surface area contributed by atoms with E-state index in [4.69, 9.17) is 0 Å². The molecule has 2 aromatic carbocycles. The molecule has 0 saturated carbocycles. The van der Waals surface area contributed by atoms with E-state index in [2.05, 4.69) is 73.9 Å². The zero-order chi connectivity index (χ0) is 16.9. The predicted octanol–water partition coefficient (Wildman–Crippen LogP) is 5.60. The number of aryl methyl sites for hydroxylation is 2. The molecule has 0 aromatic heterocycles. The highest BCUT2D eigenvalue weighted by Crippen LogP contribution is 2.35. The van der Waals surface area contributed by atoms with E-state index in [-0.39, 0.29) is 0 Å². The summed E-state index contributed by atoms with van der Waals surface area (Å²) in [6, 6.07) is 17.7. The lowest BCUT2D eigenvalue weighted by Crippen LogP contribution is -2.26. The predicted molar refractivity (Wildman–Crippen MR) is 104 cm³/mol. The van der Waals surface area contributed by atoms with Crippen LogP contribution in [0.2, 0.25) is 0 Å². The van der Waals surface area contributed by atoms with E-state index in [1.807, 2.05) is 6.20 Å². The second-order valence-corrected chi connectivity index (χ2v) is 6.52. The molecule has 0 aliphatic carbocycles. The Morgan fingerprint density at radius 3 is 2.25 bits per heavy atom. The lowest BCUT2D eigenvalue weighted by atomic mass is 9.84. The second-order valence-electron chi connectivity index (χ2n) is 6.52. The summed E-state index contributed by atoms with van der Waals surface area (Å²) in [5.41, 5.74) is 8.65. The third-order valence-electron chi connectivity index (χ3n) is 5.10. The molecule has 3 rings (SSSR count). The number of rotatable bonds is 4. The van der Waals surface area contributed by atoms with Crippen molar-refractivity contribution in [3.63, 3.8) is 0 Å². The topological polar surface area (TPSA) is 3.24 Å². The molecule has 0 N–H and O–H groups in total. The summed E-state index contributed by atoms with van der Waals surface area (Å²) >= 11 is 0. The Bertz CT molecular complexity index is 744. The van der Waals surface area contributed by atoms with Gasteiger partial charge in [-0.3, -0.25) is 0 Å². The zero-order valence-corrected chi connectivity index (χ0v) is 14.9. The third kappa shape index (κ3) is 3.31. The van der Waals surface area contributed by atoms with Gasteiger partial charge in [0.1, 0.15) is 0 Å². The van der Waals surface area contributed by atoms with E-state index in [1.165, 1.54) is 27.8 Å². The molecule has 1 fully saturated rings. The molecule has 0 spiro atoms. The molecule has 0 bridgehead atoms. The first kappa shape index (κ1) is 16.6. The maximum atomic E-state index is 3.92. The Morgan fingerprint density at radius 2 is 1.62 bits per heavy atom. The van der Waals surface area contributed by atoms with Crippen molar-refractivity contribution in [3.05, 3.63) is 89.1 Å². The molecule has 24 heavy (non-hydrogen) atoms. The van der Waals surface area contributed by atoms with Crippen LogP contribution in [0.4, 0.5) is 0 Å². The number of benzene rings is 2. The standard InChI is InChI=1S/C23H27N/c1-4-19-11-7-9-13-22(19)23(21-12-8-6-10-18(21)3)20-14-16-24(5-2)17-15-20/h5-13H,2,4,14-17H2,1,3H3. The van der Waals surface area contributed by atoms with Gasteiger partial charge in [0.2, 0.25) is 0 Å². The van der Waals surface area contributed by atoms with Gasteiger partial charge in [0, 0.05) is 13.1 Å². The van der Waals surface area contributed by atoms with Crippen LogP contribution in [0.15, 0.2) is 66.9 Å². The Morgan fingerprint density at radius 1 is 1.00 bits per heavy atom. The van der Waals surface area contributed by atoms with Crippen molar-refractivity contribution < 1.29 is 0 Å². The molecular weight excluding hydrogens is 290 g/mol. The lowest BCUT2D eigenvalue weighted by Gasteiger charge is -2.29. The quantitative estimate of drug-likeness (QED) is 0.709. The van der Waals surface area contributed by atoms with Crippen LogP contribution in [-0.2, 0) is 6.42 Å². The summed E-state index contributed by atoms with van der Waals surface area (Å²) in [4.78, 5) is 2.32. The van der Waals surface area contributed by atoms with Crippen LogP contribution in [0.25, 0.3) is 5.57 Å². The van der Waals surface area contributed by atoms with Gasteiger partial charge in [-0.1, -0.05) is 67.6 Å². The number of hydrogen-bond donors (Lipinski definition) is 0. The monoisotopic (exact) mass is 317 g/mol. The molecular formula is C23H27N. The smallest absolute Gasteiger partial charge is 0.0210 e. The minimum absolute atomic E-state index is 1.07. The SMILES string of the molecule is C=CN1CCC(=C(c2ccccc2C)c2ccccc2CC)CC1. The van der Waals surface area contributed by atoms with Crippen LogP contribution >= 0.6 is 0 Å². The summed E-state index contributed by atoms with van der Waals surface area (Å²) in [5, 5.41) is 0. The average Bonchev–Trinajstić information content (AvgIpc) is 2.64. The van der Waals surface area contributed by atoms with Crippen molar-refractivity contribution >= 4 is 5.57 Å². The number of piperidine rings is 1. The summed E-state index contributed by atoms with van der Waals surface area (Å²) in [6.07, 6.45) is 5.28. The van der Waals surface area contributed by atoms with Crippen molar-refractivity contribution in [1.29, 1.82) is 0 Å². The van der Waals surface area contributed by atoms with Gasteiger partial charge in [0.25, 0.3) is 0 Å². The summed E-state index contributed by atoms with van der Waals surface area (Å²) in [6.45, 7) is 10.5. The van der Waals surface area contributed by atoms with Gasteiger partial charge in [-0.25, -0.2) is 0 Å². The van der Waals surface area contributed by atoms with Crippen molar-refractivity contribution in [1.82, 2.24) is 4.90 Å². The van der Waals surface area contributed by atoms with Gasteiger partial charge in [-0.2, -0.15) is 0 Å². The molecule has 1 saturated heterocycles. The number of hydrogen-bond acceptors (Lipinski definition) is 1. The second kappa shape index (κ2) is 7.53. The van der Waals surface area contributed by atoms with Crippen LogP contribution in [-0.4, -0.2) is 18.0 Å². The van der Waals surface area contributed by atoms with Crippen LogP contribution < -0.4 is 0 Å². The van der Waals surface area contributed by atoms with E-state index in [0.29, 0.717) is 0 Å². The molecule has 0 atom stereocenters. The van der Waals surface area contributed by atoms with Gasteiger partial charge in [-0.15, -0.1) is 0 Å². The Kier molecular flexibility index (Phi) is 5.20. The van der Waals surface area contributed by atoms with Crippen molar-refractivity contribution in [2.24, 2.45) is 0 Å². The largest absolute Gasteiger partial charge is 0.377 e. The van der Waals surface area contributed by atoms with Crippen molar-refractivity contribution in [2.75, 3.05) is 13.1 Å². The molecule has 1 nitrogen and oxygen atoms in total. The Labute approximate surface area is 146 Å². The summed E-state index contributed by atoms with van der Waals surface area (Å²) < 4.78 is 0. The van der Waals surface area contributed by atoms with Gasteiger partial charge in [0.15, 0.2) is 0 Å². The molecule has 0 unspecified atom stereocenters. The fourth-order valence-corrected chi connectivity index (χ4v) is 3.68. The van der Waals surface area contributed by atoms with Gasteiger partial charge in [0.05, 0.1) is 0 Å². The van der Waals surface area contributed by atoms with Gasteiger partial charge >= 0.3 is 0 Å². The van der Waals surface area contributed by atoms with E-state index in [9.17, 15) is 0 Å². The fraction of sp³-hybridized carbons (Fsp3) is 0.304. The number of nitrogens with zero attached hydrogens (tertiary/aromatic N) is 1. The molecule has 1 aliphatic heterocycles. The fourth-order valence-electron chi connectivity index (χ4n) is 3.68. The molecule has 1 aliphatic rings. The van der Waals surface area contributed by atoms with Gasteiger partial charge < -0.3 is 4.90 Å². The van der Waals surface area contributed by atoms with E-state index >= 15 is 0 Å². The number of likely N-dealkylation sites (tertiary alicyclic amines) is 1. The van der Waals surface area contributed by atoms with Crippen LogP contribution in [0.1, 0.15) is 42.0 Å². The molecule has 124 valence electrons. The first-order chi connectivity index (χ1) is 11.7. The zero-order valence-electron chi connectivity index (χ0n) is 14.9. The normalized spacial score (nSPS) is 14.6. The molecule has 0 amide bonds. The molecule has 1 heterocycles. The van der Waals surface area contributed by atoms with Crippen LogP contribution in [0.3, 0.4) is 0 Å². The van der Waals surface area contributed by atoms with Crippen LogP contribution in [0, 0.1) is 6.92 Å². The Balaban J connectivity index is 2.16. The molecule has 0 radical (unpaired) electrons. The summed E-state index contributed by atoms with van der Waals surface area (Å²) in [5.74, 6) is 0. The maximum Gasteiger partial charge on any atom is 0.0210 e. The highest BCUT2D eigenvalue weighted by Gasteiger charge is 2.19. The minimum atomic E-state index is 1.07. The Hall–Kier alpha value is -2.28. The first-order valence-corrected chi connectivity index (χ1v) is 8.97. The lowest BCUT2D eigenvalue weighted by molar-refractivity contribution is 0.351. The highest BCUT2D eigenvalue weighted by atomic mass is 15.1. The van der Waals surface area contributed by atoms with E-state index < -0.39 is 0 Å².